The van der Waals surface area contributed by atoms with Crippen LogP contribution in [0.2, 0.25) is 0 Å². The summed E-state index contributed by atoms with van der Waals surface area (Å²) in [5.74, 6) is 0. The van der Waals surface area contributed by atoms with E-state index >= 15 is 0 Å². The third kappa shape index (κ3) is 2.83. The molecular formula is C17H19BrN2. The zero-order valence-electron chi connectivity index (χ0n) is 11.4. The van der Waals surface area contributed by atoms with Crippen molar-refractivity contribution >= 4 is 27.3 Å². The van der Waals surface area contributed by atoms with Gasteiger partial charge in [0.2, 0.25) is 0 Å². The number of nitrogens with two attached hydrogens (primary N) is 1. The second kappa shape index (κ2) is 5.88. The molecule has 1 unspecified atom stereocenters. The van der Waals surface area contributed by atoms with Crippen LogP contribution >= 0.6 is 15.9 Å². The average molecular weight is 331 g/mol. The molecule has 3 heteroatoms. The van der Waals surface area contributed by atoms with Gasteiger partial charge >= 0.3 is 0 Å². The molecule has 104 valence electrons. The maximum Gasteiger partial charge on any atom is 0.0542 e. The van der Waals surface area contributed by atoms with Gasteiger partial charge in [0.05, 0.1) is 6.04 Å². The summed E-state index contributed by atoms with van der Waals surface area (Å²) in [5, 5.41) is 0. The molecule has 2 aromatic carbocycles. The van der Waals surface area contributed by atoms with Crippen LogP contribution in [0, 0.1) is 0 Å². The summed E-state index contributed by atoms with van der Waals surface area (Å²) < 4.78 is 1.14. The SMILES string of the molecule is Nc1ccc(C2CCCCN2c2cccc(Br)c2)cc1. The van der Waals surface area contributed by atoms with Gasteiger partial charge in [-0.3, -0.25) is 0 Å². The largest absolute Gasteiger partial charge is 0.399 e. The number of nitrogens with zero attached hydrogens (tertiary/aromatic N) is 1. The highest BCUT2D eigenvalue weighted by Gasteiger charge is 2.24. The third-order valence-electron chi connectivity index (χ3n) is 3.96. The molecule has 20 heavy (non-hydrogen) atoms. The number of rotatable bonds is 2. The fraction of sp³-hybridized carbons (Fsp3) is 0.294. The number of halogens is 1. The Hall–Kier alpha value is -1.48. The monoisotopic (exact) mass is 330 g/mol. The van der Waals surface area contributed by atoms with Crippen molar-refractivity contribution in [1.29, 1.82) is 0 Å². The lowest BCUT2D eigenvalue weighted by Crippen LogP contribution is -2.33. The van der Waals surface area contributed by atoms with E-state index in [1.165, 1.54) is 30.5 Å². The van der Waals surface area contributed by atoms with E-state index in [4.69, 9.17) is 5.73 Å². The van der Waals surface area contributed by atoms with Crippen LogP contribution in [0.15, 0.2) is 53.0 Å². The van der Waals surface area contributed by atoms with Crippen LogP contribution in [-0.4, -0.2) is 6.54 Å². The highest BCUT2D eigenvalue weighted by molar-refractivity contribution is 9.10. The molecule has 0 radical (unpaired) electrons. The van der Waals surface area contributed by atoms with Gasteiger partial charge in [-0.05, 0) is 55.2 Å². The molecule has 2 aromatic rings. The zero-order valence-corrected chi connectivity index (χ0v) is 13.0. The van der Waals surface area contributed by atoms with Crippen molar-refractivity contribution in [3.05, 3.63) is 58.6 Å². The van der Waals surface area contributed by atoms with Crippen molar-refractivity contribution in [2.75, 3.05) is 17.2 Å². The Morgan fingerprint density at radius 3 is 2.60 bits per heavy atom. The molecule has 2 nitrogen and oxygen atoms in total. The Bertz CT molecular complexity index is 580. The van der Waals surface area contributed by atoms with Crippen LogP contribution < -0.4 is 10.6 Å². The van der Waals surface area contributed by atoms with Crippen LogP contribution in [0.1, 0.15) is 30.9 Å². The Morgan fingerprint density at radius 2 is 1.85 bits per heavy atom. The first-order valence-corrected chi connectivity index (χ1v) is 7.91. The highest BCUT2D eigenvalue weighted by Crippen LogP contribution is 2.36. The van der Waals surface area contributed by atoms with E-state index in [2.05, 4.69) is 57.2 Å². The first kappa shape index (κ1) is 13.5. The summed E-state index contributed by atoms with van der Waals surface area (Å²) in [6.07, 6.45) is 3.76. The lowest BCUT2D eigenvalue weighted by molar-refractivity contribution is 0.473. The van der Waals surface area contributed by atoms with E-state index in [-0.39, 0.29) is 0 Å². The Balaban J connectivity index is 1.93. The Kier molecular flexibility index (Phi) is 3.97. The van der Waals surface area contributed by atoms with Crippen molar-refractivity contribution in [3.63, 3.8) is 0 Å². The molecule has 1 heterocycles. The second-order valence-electron chi connectivity index (χ2n) is 5.35. The number of piperidine rings is 1. The van der Waals surface area contributed by atoms with Crippen LogP contribution in [-0.2, 0) is 0 Å². The van der Waals surface area contributed by atoms with E-state index in [0.29, 0.717) is 6.04 Å². The van der Waals surface area contributed by atoms with E-state index in [1.54, 1.807) is 0 Å². The maximum absolute atomic E-state index is 5.80. The molecule has 0 bridgehead atoms. The summed E-state index contributed by atoms with van der Waals surface area (Å²) in [5.41, 5.74) is 9.29. The smallest absolute Gasteiger partial charge is 0.0542 e. The van der Waals surface area contributed by atoms with Crippen LogP contribution in [0.25, 0.3) is 0 Å². The van der Waals surface area contributed by atoms with Crippen molar-refractivity contribution in [2.24, 2.45) is 0 Å². The summed E-state index contributed by atoms with van der Waals surface area (Å²) in [6.45, 7) is 1.12. The fourth-order valence-corrected chi connectivity index (χ4v) is 3.35. The maximum atomic E-state index is 5.80. The summed E-state index contributed by atoms with van der Waals surface area (Å²) in [7, 11) is 0. The quantitative estimate of drug-likeness (QED) is 0.804. The predicted molar refractivity (Wildman–Crippen MR) is 88.9 cm³/mol. The Morgan fingerprint density at radius 1 is 1.05 bits per heavy atom. The van der Waals surface area contributed by atoms with Gasteiger partial charge < -0.3 is 10.6 Å². The lowest BCUT2D eigenvalue weighted by atomic mass is 9.94. The van der Waals surface area contributed by atoms with Gasteiger partial charge in [-0.1, -0.05) is 34.1 Å². The summed E-state index contributed by atoms with van der Waals surface area (Å²) in [4.78, 5) is 2.51. The van der Waals surface area contributed by atoms with Crippen LogP contribution in [0.3, 0.4) is 0 Å². The minimum absolute atomic E-state index is 0.457. The van der Waals surface area contributed by atoms with Gasteiger partial charge in [-0.2, -0.15) is 0 Å². The van der Waals surface area contributed by atoms with Gasteiger partial charge in [0.25, 0.3) is 0 Å². The normalized spacial score (nSPS) is 19.1. The lowest BCUT2D eigenvalue weighted by Gasteiger charge is -2.38. The number of benzene rings is 2. The third-order valence-corrected chi connectivity index (χ3v) is 4.46. The van der Waals surface area contributed by atoms with Crippen molar-refractivity contribution in [1.82, 2.24) is 0 Å². The van der Waals surface area contributed by atoms with Crippen molar-refractivity contribution in [2.45, 2.75) is 25.3 Å². The van der Waals surface area contributed by atoms with Crippen LogP contribution in [0.4, 0.5) is 11.4 Å². The molecule has 1 fully saturated rings. The second-order valence-corrected chi connectivity index (χ2v) is 6.27. The van der Waals surface area contributed by atoms with Crippen molar-refractivity contribution < 1.29 is 0 Å². The van der Waals surface area contributed by atoms with Gasteiger partial charge in [0.1, 0.15) is 0 Å². The number of hydrogen-bond acceptors (Lipinski definition) is 2. The minimum Gasteiger partial charge on any atom is -0.399 e. The van der Waals surface area contributed by atoms with E-state index < -0.39 is 0 Å². The van der Waals surface area contributed by atoms with Crippen molar-refractivity contribution in [3.8, 4) is 0 Å². The molecule has 1 atom stereocenters. The zero-order chi connectivity index (χ0) is 13.9. The molecule has 0 saturated carbocycles. The van der Waals surface area contributed by atoms with E-state index in [9.17, 15) is 0 Å². The summed E-state index contributed by atoms with van der Waals surface area (Å²) >= 11 is 3.57. The summed E-state index contributed by atoms with van der Waals surface area (Å²) in [6, 6.07) is 17.4. The number of hydrogen-bond donors (Lipinski definition) is 1. The molecule has 1 aliphatic rings. The van der Waals surface area contributed by atoms with Gasteiger partial charge in [-0.15, -0.1) is 0 Å². The van der Waals surface area contributed by atoms with Gasteiger partial charge in [-0.25, -0.2) is 0 Å². The first-order chi connectivity index (χ1) is 9.74. The molecule has 1 saturated heterocycles. The molecular weight excluding hydrogens is 312 g/mol. The molecule has 3 rings (SSSR count). The number of anilines is 2. The molecule has 0 aliphatic carbocycles. The molecule has 0 spiro atoms. The molecule has 0 amide bonds. The number of nitrogen functional groups attached to an aromatic ring is 1. The average Bonchev–Trinajstić information content (AvgIpc) is 2.48. The first-order valence-electron chi connectivity index (χ1n) is 7.12. The fourth-order valence-electron chi connectivity index (χ4n) is 2.96. The molecule has 2 N–H and O–H groups in total. The van der Waals surface area contributed by atoms with Gasteiger partial charge in [0.15, 0.2) is 0 Å². The van der Waals surface area contributed by atoms with E-state index in [1.807, 2.05) is 12.1 Å². The van der Waals surface area contributed by atoms with Gasteiger partial charge in [0, 0.05) is 22.4 Å². The Labute approximate surface area is 128 Å². The van der Waals surface area contributed by atoms with E-state index in [0.717, 1.165) is 16.7 Å². The minimum atomic E-state index is 0.457. The standard InChI is InChI=1S/C17H19BrN2/c18-14-4-3-5-16(12-14)20-11-2-1-6-17(20)13-7-9-15(19)10-8-13/h3-5,7-10,12,17H,1-2,6,11,19H2. The van der Waals surface area contributed by atoms with Crippen LogP contribution in [0.5, 0.6) is 0 Å². The molecule has 0 aromatic heterocycles. The predicted octanol–water partition coefficient (Wildman–Crippen LogP) is 4.76. The molecule has 1 aliphatic heterocycles. The highest BCUT2D eigenvalue weighted by atomic mass is 79.9. The topological polar surface area (TPSA) is 29.3 Å².